The van der Waals surface area contributed by atoms with Gasteiger partial charge >= 0.3 is 0 Å². The van der Waals surface area contributed by atoms with Crippen LogP contribution in [0.2, 0.25) is 5.28 Å². The van der Waals surface area contributed by atoms with Crippen LogP contribution in [-0.4, -0.2) is 38.6 Å². The highest BCUT2D eigenvalue weighted by molar-refractivity contribution is 6.28. The third-order valence-corrected chi connectivity index (χ3v) is 21.7. The second-order valence-electron chi connectivity index (χ2n) is 28.3. The van der Waals surface area contributed by atoms with Crippen LogP contribution in [0.1, 0.15) is 0 Å². The monoisotopic (exact) mass is 1460 g/mol. The Morgan fingerprint density at radius 3 is 0.832 bits per heavy atom. The lowest BCUT2D eigenvalue weighted by Gasteiger charge is -2.12. The molecule has 8 nitrogen and oxygen atoms in total. The maximum absolute atomic E-state index is 6.03. The highest BCUT2D eigenvalue weighted by Crippen LogP contribution is 2.41. The molecular formula is C104H69ClN8. The second-order valence-corrected chi connectivity index (χ2v) is 28.7. The van der Waals surface area contributed by atoms with Crippen LogP contribution < -0.4 is 0 Å². The van der Waals surface area contributed by atoms with Crippen LogP contribution in [0, 0.1) is 0 Å². The zero-order chi connectivity index (χ0) is 75.1. The van der Waals surface area contributed by atoms with E-state index in [0.717, 1.165) is 67.0 Å². The van der Waals surface area contributed by atoms with Gasteiger partial charge in [-0.05, 0) is 165 Å². The van der Waals surface area contributed by atoms with Gasteiger partial charge in [0.2, 0.25) is 11.2 Å². The van der Waals surface area contributed by atoms with Gasteiger partial charge in [-0.1, -0.05) is 303 Å². The van der Waals surface area contributed by atoms with Crippen LogP contribution in [0.15, 0.2) is 413 Å². The van der Waals surface area contributed by atoms with Gasteiger partial charge in [0, 0.05) is 87.8 Å². The number of halogens is 1. The van der Waals surface area contributed by atoms with Crippen molar-refractivity contribution in [2.75, 3.05) is 0 Å². The van der Waals surface area contributed by atoms with Crippen LogP contribution in [-0.2, 0) is 0 Å². The van der Waals surface area contributed by atoms with Gasteiger partial charge in [-0.25, -0.2) is 19.9 Å². The molecule has 16 aromatic carbocycles. The molecule has 113 heavy (non-hydrogen) atoms. The molecule has 0 saturated carbocycles. The molecule has 0 amide bonds. The van der Waals surface area contributed by atoms with Gasteiger partial charge in [0.15, 0.2) is 0 Å². The summed E-state index contributed by atoms with van der Waals surface area (Å²) in [4.78, 5) is 22.5. The van der Waals surface area contributed by atoms with Crippen molar-refractivity contribution in [1.82, 2.24) is 38.6 Å². The van der Waals surface area contributed by atoms with E-state index in [0.29, 0.717) is 5.95 Å². The molecule has 0 radical (unpaired) electrons. The summed E-state index contributed by atoms with van der Waals surface area (Å²) in [5.41, 5.74) is 29.0. The fourth-order valence-electron chi connectivity index (χ4n) is 16.1. The van der Waals surface area contributed by atoms with Crippen LogP contribution >= 0.6 is 11.6 Å². The van der Waals surface area contributed by atoms with E-state index in [-0.39, 0.29) is 5.28 Å². The molecule has 9 heteroatoms. The molecule has 0 aliphatic carbocycles. The SMILES string of the molecule is Clc1nc(-c2ccccc2)cc(-c2ccccc2)n1.c1ccc(-c2cc(-c3ccccc3)nc(-n3c4ccccc4c4cc(-c5ccc(-c6ccc7c(c6)c6ccccc6n7-c6ccccc6)cc5)ccc43)n2)cc1.c1ccc(-n2c3ccccc3c3cc(-c4ccc(-c5ccc6[nH]c7ccccc7c6c5)cc4)ccc32)cc1. The van der Waals surface area contributed by atoms with Crippen LogP contribution in [0.4, 0.5) is 0 Å². The zero-order valence-corrected chi connectivity index (χ0v) is 62.0. The number of fused-ring (bicyclic) bond motifs is 12. The summed E-state index contributed by atoms with van der Waals surface area (Å²) >= 11 is 6.03. The maximum Gasteiger partial charge on any atom is 0.235 e. The van der Waals surface area contributed by atoms with Gasteiger partial charge in [-0.15, -0.1) is 0 Å². The number of nitrogens with one attached hydrogen (secondary N) is 1. The molecule has 1 N–H and O–H groups in total. The molecular weight excluding hydrogens is 1400 g/mol. The molecule has 6 aromatic heterocycles. The predicted molar refractivity (Wildman–Crippen MR) is 471 cm³/mol. The van der Waals surface area contributed by atoms with Crippen molar-refractivity contribution in [2.24, 2.45) is 0 Å². The summed E-state index contributed by atoms with van der Waals surface area (Å²) in [7, 11) is 0. The van der Waals surface area contributed by atoms with Crippen LogP contribution in [0.25, 0.3) is 194 Å². The second kappa shape index (κ2) is 29.3. The van der Waals surface area contributed by atoms with Crippen molar-refractivity contribution in [2.45, 2.75) is 0 Å². The molecule has 532 valence electrons. The third-order valence-electron chi connectivity index (χ3n) is 21.5. The fourth-order valence-corrected chi connectivity index (χ4v) is 16.3. The summed E-state index contributed by atoms with van der Waals surface area (Å²) in [6.07, 6.45) is 0. The van der Waals surface area contributed by atoms with E-state index in [4.69, 9.17) is 21.6 Å². The summed E-state index contributed by atoms with van der Waals surface area (Å²) in [6.45, 7) is 0. The number of benzene rings is 16. The van der Waals surface area contributed by atoms with Crippen molar-refractivity contribution in [3.05, 3.63) is 418 Å². The van der Waals surface area contributed by atoms with Gasteiger partial charge < -0.3 is 14.1 Å². The first-order valence-electron chi connectivity index (χ1n) is 38.0. The topological polar surface area (TPSA) is 82.1 Å². The highest BCUT2D eigenvalue weighted by Gasteiger charge is 2.21. The molecule has 0 bridgehead atoms. The number of hydrogen-bond acceptors (Lipinski definition) is 4. The largest absolute Gasteiger partial charge is 0.355 e. The van der Waals surface area contributed by atoms with Gasteiger partial charge in [-0.3, -0.25) is 4.57 Å². The van der Waals surface area contributed by atoms with E-state index >= 15 is 0 Å². The van der Waals surface area contributed by atoms with E-state index in [1.165, 1.54) is 121 Å². The van der Waals surface area contributed by atoms with Crippen molar-refractivity contribution in [1.29, 1.82) is 0 Å². The van der Waals surface area contributed by atoms with E-state index < -0.39 is 0 Å². The lowest BCUT2D eigenvalue weighted by molar-refractivity contribution is 0.995. The van der Waals surface area contributed by atoms with E-state index in [2.05, 4.69) is 362 Å². The number of nitrogens with zero attached hydrogens (tertiary/aromatic N) is 7. The average Bonchev–Trinajstić information content (AvgIpc) is 1.60. The molecule has 6 heterocycles. The number of H-pyrrole nitrogens is 1. The Hall–Kier alpha value is -14.8. The Balaban J connectivity index is 0.000000125. The normalized spacial score (nSPS) is 11.4. The number of rotatable bonds is 11. The zero-order valence-electron chi connectivity index (χ0n) is 61.3. The fraction of sp³-hybridized carbons (Fsp3) is 0. The highest BCUT2D eigenvalue weighted by atomic mass is 35.5. The first-order valence-corrected chi connectivity index (χ1v) is 38.4. The Morgan fingerprint density at radius 1 is 0.186 bits per heavy atom. The van der Waals surface area contributed by atoms with Gasteiger partial charge in [0.1, 0.15) is 0 Å². The molecule has 0 atom stereocenters. The Bertz CT molecular complexity index is 7150. The van der Waals surface area contributed by atoms with Crippen molar-refractivity contribution in [3.8, 4) is 107 Å². The Kier molecular flexibility index (Phi) is 17.5. The summed E-state index contributed by atoms with van der Waals surface area (Å²) in [6, 6.07) is 145. The average molecular weight is 1470 g/mol. The molecule has 0 aliphatic heterocycles. The standard InChI is InChI=1S/C52H34N4.C36H24N2.C16H11ClN2/c1-4-14-37(15-5-1)46-34-47(38-16-6-2-7-17-38)54-52(53-46)56-49-23-13-11-21-43(49)45-33-40(29-31-51(45)56)36-26-24-35(25-27-36)39-28-30-50-44(32-39)42-20-10-12-22-48(42)55(50)41-18-8-3-9-19-41;1-2-8-28(9-3-1)38-35-13-7-5-11-30(35)32-23-27(19-21-36(32)38)25-16-14-24(15-17-25)26-18-20-34-31(22-26)29-10-4-6-12-33(29)37-34;17-16-18-14(12-7-3-1-4-8-12)11-15(19-16)13-9-5-2-6-10-13/h1-34H;1-23,37H;1-11H. The summed E-state index contributed by atoms with van der Waals surface area (Å²) in [5.74, 6) is 0.650. The van der Waals surface area contributed by atoms with Crippen molar-refractivity contribution in [3.63, 3.8) is 0 Å². The third kappa shape index (κ3) is 12.9. The summed E-state index contributed by atoms with van der Waals surface area (Å²) < 4.78 is 6.93. The van der Waals surface area contributed by atoms with Gasteiger partial charge in [0.05, 0.1) is 55.9 Å². The minimum absolute atomic E-state index is 0.264. The minimum Gasteiger partial charge on any atom is -0.355 e. The molecule has 0 fully saturated rings. The Morgan fingerprint density at radius 2 is 0.451 bits per heavy atom. The van der Waals surface area contributed by atoms with Crippen molar-refractivity contribution < 1.29 is 0 Å². The molecule has 0 spiro atoms. The first kappa shape index (κ1) is 67.5. The number of aromatic amines is 1. The molecule has 0 unspecified atom stereocenters. The van der Waals surface area contributed by atoms with Gasteiger partial charge in [0.25, 0.3) is 0 Å². The quantitative estimate of drug-likeness (QED) is 0.131. The van der Waals surface area contributed by atoms with Gasteiger partial charge in [-0.2, -0.15) is 0 Å². The molecule has 22 rings (SSSR count). The molecule has 0 saturated heterocycles. The first-order chi connectivity index (χ1) is 55.9. The smallest absolute Gasteiger partial charge is 0.235 e. The molecule has 22 aromatic rings. The number of hydrogen-bond donors (Lipinski definition) is 1. The maximum atomic E-state index is 6.03. The van der Waals surface area contributed by atoms with E-state index in [1.54, 1.807) is 0 Å². The molecule has 0 aliphatic rings. The lowest BCUT2D eigenvalue weighted by atomic mass is 9.98. The van der Waals surface area contributed by atoms with Crippen LogP contribution in [0.5, 0.6) is 0 Å². The number of aromatic nitrogens is 8. The summed E-state index contributed by atoms with van der Waals surface area (Å²) in [5, 5.41) is 10.2. The van der Waals surface area contributed by atoms with Crippen LogP contribution in [0.3, 0.4) is 0 Å². The minimum atomic E-state index is 0.264. The van der Waals surface area contributed by atoms with E-state index in [9.17, 15) is 0 Å². The Labute approximate surface area is 657 Å². The number of para-hydroxylation sites is 6. The van der Waals surface area contributed by atoms with E-state index in [1.807, 2.05) is 78.9 Å². The lowest BCUT2D eigenvalue weighted by Crippen LogP contribution is -2.03. The van der Waals surface area contributed by atoms with Crippen molar-refractivity contribution >= 4 is 98.8 Å². The predicted octanol–water partition coefficient (Wildman–Crippen LogP) is 27.6.